The lowest BCUT2D eigenvalue weighted by atomic mass is 10.1. The first-order chi connectivity index (χ1) is 17.9. The molecule has 0 aliphatic carbocycles. The van der Waals surface area contributed by atoms with Gasteiger partial charge >= 0.3 is 6.18 Å². The van der Waals surface area contributed by atoms with Crippen LogP contribution in [0, 0.1) is 0 Å². The minimum atomic E-state index is -4.82. The number of aromatic nitrogens is 4. The topological polar surface area (TPSA) is 172 Å². The molecule has 194 valence electrons. The second-order valence-corrected chi connectivity index (χ2v) is 9.53. The summed E-state index contributed by atoms with van der Waals surface area (Å²) in [6, 6.07) is 13.7. The number of nitrogens with one attached hydrogen (secondary N) is 1. The van der Waals surface area contributed by atoms with Crippen LogP contribution in [0.15, 0.2) is 76.3 Å². The molecule has 3 heterocycles. The average molecular weight is 543 g/mol. The van der Waals surface area contributed by atoms with E-state index >= 15 is 0 Å². The predicted octanol–water partition coefficient (Wildman–Crippen LogP) is 3.58. The Morgan fingerprint density at radius 3 is 2.50 bits per heavy atom. The van der Waals surface area contributed by atoms with E-state index < -0.39 is 33.5 Å². The van der Waals surface area contributed by atoms with E-state index in [0.717, 1.165) is 4.68 Å². The fourth-order valence-electron chi connectivity index (χ4n) is 3.72. The van der Waals surface area contributed by atoms with Crippen molar-refractivity contribution in [2.75, 3.05) is 11.1 Å². The zero-order chi connectivity index (χ0) is 27.2. The Hall–Kier alpha value is -4.76. The van der Waals surface area contributed by atoms with Gasteiger partial charge in [-0.05, 0) is 36.4 Å². The Morgan fingerprint density at radius 1 is 1.05 bits per heavy atom. The third-order valence-corrected chi connectivity index (χ3v) is 6.44. The molecule has 38 heavy (non-hydrogen) atoms. The van der Waals surface area contributed by atoms with E-state index in [1.165, 1.54) is 54.7 Å². The summed E-state index contributed by atoms with van der Waals surface area (Å²) in [6.07, 6.45) is -3.53. The third-order valence-electron chi connectivity index (χ3n) is 5.47. The lowest BCUT2D eigenvalue weighted by molar-refractivity contribution is -0.141. The molecule has 0 fully saturated rings. The number of pyridine rings is 1. The van der Waals surface area contributed by atoms with Crippen molar-refractivity contribution in [3.8, 4) is 16.8 Å². The standard InChI is InChI=1S/C23H16F3N7O4S/c24-23(25,26)19-10-16(33(31-19)13-6-7-17-15(9-13)21(27)32-37-17)22(34)30-20-8-5-12(11-29-20)14-3-1-2-4-18(14)38(28,35)36/h1-11H,(H2,27,32)(H2,28,35,36)(H,29,30,34). The van der Waals surface area contributed by atoms with Gasteiger partial charge < -0.3 is 15.6 Å². The summed E-state index contributed by atoms with van der Waals surface area (Å²) in [5.74, 6) is -0.923. The van der Waals surface area contributed by atoms with E-state index in [-0.39, 0.29) is 27.8 Å². The number of sulfonamides is 1. The molecule has 0 unspecified atom stereocenters. The number of rotatable bonds is 5. The molecule has 0 aliphatic heterocycles. The molecule has 0 radical (unpaired) electrons. The molecular formula is C23H16F3N7O4S. The molecule has 3 aromatic heterocycles. The summed E-state index contributed by atoms with van der Waals surface area (Å²) in [5, 5.41) is 15.2. The van der Waals surface area contributed by atoms with Gasteiger partial charge in [0, 0.05) is 23.4 Å². The van der Waals surface area contributed by atoms with Gasteiger partial charge in [0.15, 0.2) is 17.1 Å². The first-order valence-corrected chi connectivity index (χ1v) is 12.2. The molecule has 0 spiro atoms. The molecule has 0 saturated heterocycles. The normalized spacial score (nSPS) is 12.1. The zero-order valence-electron chi connectivity index (χ0n) is 19.0. The number of hydrogen-bond acceptors (Lipinski definition) is 8. The number of primary sulfonamides is 1. The lowest BCUT2D eigenvalue weighted by Crippen LogP contribution is -2.17. The van der Waals surface area contributed by atoms with Gasteiger partial charge in [0.1, 0.15) is 11.5 Å². The van der Waals surface area contributed by atoms with Gasteiger partial charge in [0.2, 0.25) is 10.0 Å². The SMILES string of the molecule is Nc1noc2ccc(-n3nc(C(F)(F)F)cc3C(=O)Nc3ccc(-c4ccccc4S(N)(=O)=O)cn3)cc12. The van der Waals surface area contributed by atoms with Crippen LogP contribution in [0.4, 0.5) is 24.8 Å². The summed E-state index contributed by atoms with van der Waals surface area (Å²) in [7, 11) is -4.02. The highest BCUT2D eigenvalue weighted by Crippen LogP contribution is 2.31. The van der Waals surface area contributed by atoms with E-state index in [4.69, 9.17) is 15.4 Å². The van der Waals surface area contributed by atoms with E-state index in [0.29, 0.717) is 22.6 Å². The summed E-state index contributed by atoms with van der Waals surface area (Å²) in [5.41, 5.74) is 5.10. The number of benzene rings is 2. The molecule has 2 aromatic carbocycles. The Kier molecular flexibility index (Phi) is 5.88. The van der Waals surface area contributed by atoms with Gasteiger partial charge in [0.25, 0.3) is 5.91 Å². The average Bonchev–Trinajstić information content (AvgIpc) is 3.48. The van der Waals surface area contributed by atoms with Crippen molar-refractivity contribution in [1.82, 2.24) is 19.9 Å². The lowest BCUT2D eigenvalue weighted by Gasteiger charge is -2.10. The molecule has 11 nitrogen and oxygen atoms in total. The summed E-state index contributed by atoms with van der Waals surface area (Å²) in [4.78, 5) is 17.0. The molecular weight excluding hydrogens is 527 g/mol. The molecule has 0 bridgehead atoms. The summed E-state index contributed by atoms with van der Waals surface area (Å²) < 4.78 is 70.0. The van der Waals surface area contributed by atoms with E-state index in [1.807, 2.05) is 0 Å². The zero-order valence-corrected chi connectivity index (χ0v) is 19.8. The second kappa shape index (κ2) is 8.97. The van der Waals surface area contributed by atoms with Crippen molar-refractivity contribution < 1.29 is 30.9 Å². The van der Waals surface area contributed by atoms with Crippen molar-refractivity contribution in [2.24, 2.45) is 5.14 Å². The highest BCUT2D eigenvalue weighted by Gasteiger charge is 2.36. The smallest absolute Gasteiger partial charge is 0.380 e. The second-order valence-electron chi connectivity index (χ2n) is 8.00. The van der Waals surface area contributed by atoms with E-state index in [9.17, 15) is 26.4 Å². The number of nitrogens with two attached hydrogens (primary N) is 2. The Labute approximate surface area is 211 Å². The van der Waals surface area contributed by atoms with Crippen LogP contribution in [0.5, 0.6) is 0 Å². The van der Waals surface area contributed by atoms with Crippen LogP contribution in [0.25, 0.3) is 27.8 Å². The van der Waals surface area contributed by atoms with Crippen molar-refractivity contribution in [2.45, 2.75) is 11.1 Å². The Morgan fingerprint density at radius 2 is 1.82 bits per heavy atom. The summed E-state index contributed by atoms with van der Waals surface area (Å²) in [6.45, 7) is 0. The molecule has 5 aromatic rings. The number of alkyl halides is 3. The van der Waals surface area contributed by atoms with Crippen molar-refractivity contribution >= 4 is 38.5 Å². The van der Waals surface area contributed by atoms with E-state index in [1.54, 1.807) is 6.07 Å². The highest BCUT2D eigenvalue weighted by atomic mass is 32.2. The molecule has 15 heteroatoms. The van der Waals surface area contributed by atoms with Crippen molar-refractivity contribution in [3.05, 3.63) is 78.2 Å². The van der Waals surface area contributed by atoms with Crippen LogP contribution < -0.4 is 16.2 Å². The van der Waals surface area contributed by atoms with Gasteiger partial charge in [-0.3, -0.25) is 4.79 Å². The van der Waals surface area contributed by atoms with Gasteiger partial charge in [-0.15, -0.1) is 0 Å². The number of anilines is 2. The van der Waals surface area contributed by atoms with Crippen molar-refractivity contribution in [3.63, 3.8) is 0 Å². The highest BCUT2D eigenvalue weighted by molar-refractivity contribution is 7.89. The maximum absolute atomic E-state index is 13.5. The first kappa shape index (κ1) is 24.9. The molecule has 5 rings (SSSR count). The van der Waals surface area contributed by atoms with Crippen LogP contribution in [0.2, 0.25) is 0 Å². The fourth-order valence-corrected chi connectivity index (χ4v) is 4.48. The number of carbonyl (C=O) groups excluding carboxylic acids is 1. The maximum Gasteiger partial charge on any atom is 0.435 e. The quantitative estimate of drug-likeness (QED) is 0.302. The van der Waals surface area contributed by atoms with Crippen molar-refractivity contribution in [1.29, 1.82) is 0 Å². The van der Waals surface area contributed by atoms with Crippen LogP contribution in [-0.4, -0.2) is 34.2 Å². The number of carbonyl (C=O) groups is 1. The Bertz CT molecular complexity index is 1800. The maximum atomic E-state index is 13.5. The number of halogens is 3. The largest absolute Gasteiger partial charge is 0.435 e. The molecule has 0 atom stereocenters. The number of fused-ring (bicyclic) bond motifs is 1. The molecule has 0 saturated carbocycles. The third kappa shape index (κ3) is 4.67. The van der Waals surface area contributed by atoms with E-state index in [2.05, 4.69) is 20.6 Å². The van der Waals surface area contributed by atoms with Crippen LogP contribution in [0.3, 0.4) is 0 Å². The molecule has 0 aliphatic rings. The van der Waals surface area contributed by atoms with Crippen LogP contribution in [0.1, 0.15) is 16.2 Å². The molecule has 5 N–H and O–H groups in total. The number of amides is 1. The monoisotopic (exact) mass is 543 g/mol. The van der Waals surface area contributed by atoms with Crippen LogP contribution >= 0.6 is 0 Å². The minimum Gasteiger partial charge on any atom is -0.380 e. The van der Waals surface area contributed by atoms with Crippen LogP contribution in [-0.2, 0) is 16.2 Å². The predicted molar refractivity (Wildman–Crippen MR) is 130 cm³/mol. The number of nitrogens with zero attached hydrogens (tertiary/aromatic N) is 4. The number of hydrogen-bond donors (Lipinski definition) is 3. The minimum absolute atomic E-state index is 0.00752. The van der Waals surface area contributed by atoms with Gasteiger partial charge in [-0.1, -0.05) is 23.4 Å². The van der Waals surface area contributed by atoms with Gasteiger partial charge in [-0.25, -0.2) is 23.2 Å². The van der Waals surface area contributed by atoms with Gasteiger partial charge in [0.05, 0.1) is 16.0 Å². The molecule has 1 amide bonds. The Balaban J connectivity index is 1.48. The number of nitrogen functional groups attached to an aromatic ring is 1. The summed E-state index contributed by atoms with van der Waals surface area (Å²) >= 11 is 0. The first-order valence-electron chi connectivity index (χ1n) is 10.6. The van der Waals surface area contributed by atoms with Gasteiger partial charge in [-0.2, -0.15) is 18.3 Å². The fraction of sp³-hybridized carbons (Fsp3) is 0.0435.